The molecule has 0 aromatic heterocycles. The Bertz CT molecular complexity index is 670. The first-order valence-corrected chi connectivity index (χ1v) is 8.00. The molecule has 0 fully saturated rings. The highest BCUT2D eigenvalue weighted by Crippen LogP contribution is 2.23. The van der Waals surface area contributed by atoms with Gasteiger partial charge >= 0.3 is 0 Å². The second kappa shape index (κ2) is 7.45. The van der Waals surface area contributed by atoms with Gasteiger partial charge in [-0.05, 0) is 65.5 Å². The summed E-state index contributed by atoms with van der Waals surface area (Å²) >= 11 is 3.39. The molecular weight excluding hydrogens is 342 g/mol. The zero-order valence-corrected chi connectivity index (χ0v) is 14.6. The number of amides is 1. The fourth-order valence-electron chi connectivity index (χ4n) is 2.11. The normalized spacial score (nSPS) is 11.8. The third kappa shape index (κ3) is 4.34. The Morgan fingerprint density at radius 2 is 1.91 bits per heavy atom. The summed E-state index contributed by atoms with van der Waals surface area (Å²) in [5.41, 5.74) is 3.57. The highest BCUT2D eigenvalue weighted by Gasteiger charge is 2.11. The van der Waals surface area contributed by atoms with Gasteiger partial charge in [-0.1, -0.05) is 30.3 Å². The van der Waals surface area contributed by atoms with Crippen LogP contribution in [0.25, 0.3) is 0 Å². The third-order valence-electron chi connectivity index (χ3n) is 3.60. The number of nitrogens with one attached hydrogen (secondary N) is 1. The molecular formula is C18H20BrNO2. The Morgan fingerprint density at radius 1 is 1.18 bits per heavy atom. The van der Waals surface area contributed by atoms with Crippen LogP contribution in [0.15, 0.2) is 46.9 Å². The molecule has 0 saturated heterocycles. The maximum absolute atomic E-state index is 12.0. The molecule has 0 saturated carbocycles. The number of para-hydroxylation sites is 1. The van der Waals surface area contributed by atoms with E-state index in [0.717, 1.165) is 10.0 Å². The summed E-state index contributed by atoms with van der Waals surface area (Å²) in [4.78, 5) is 12.0. The standard InChI is InChI=1S/C18H20BrNO2/c1-12-8-9-15(10-13(12)2)14(3)20-18(21)11-22-17-7-5-4-6-16(17)19/h4-10,14H,11H2,1-3H3,(H,20,21). The number of aryl methyl sites for hydroxylation is 2. The Morgan fingerprint density at radius 3 is 2.59 bits per heavy atom. The molecule has 4 heteroatoms. The highest BCUT2D eigenvalue weighted by atomic mass is 79.9. The lowest BCUT2D eigenvalue weighted by Gasteiger charge is -2.16. The van der Waals surface area contributed by atoms with E-state index < -0.39 is 0 Å². The van der Waals surface area contributed by atoms with E-state index in [9.17, 15) is 4.79 Å². The SMILES string of the molecule is Cc1ccc(C(C)NC(=O)COc2ccccc2Br)cc1C. The summed E-state index contributed by atoms with van der Waals surface area (Å²) < 4.78 is 6.36. The number of ether oxygens (including phenoxy) is 1. The molecule has 1 atom stereocenters. The number of hydrogen-bond donors (Lipinski definition) is 1. The van der Waals surface area contributed by atoms with Gasteiger partial charge in [-0.25, -0.2) is 0 Å². The number of halogens is 1. The van der Waals surface area contributed by atoms with Crippen LogP contribution in [0.4, 0.5) is 0 Å². The number of carbonyl (C=O) groups is 1. The lowest BCUT2D eigenvalue weighted by molar-refractivity contribution is -0.123. The van der Waals surface area contributed by atoms with Crippen molar-refractivity contribution in [2.75, 3.05) is 6.61 Å². The summed E-state index contributed by atoms with van der Waals surface area (Å²) in [7, 11) is 0. The van der Waals surface area contributed by atoms with Gasteiger partial charge in [-0.3, -0.25) is 4.79 Å². The number of carbonyl (C=O) groups excluding carboxylic acids is 1. The first-order chi connectivity index (χ1) is 10.5. The van der Waals surface area contributed by atoms with Crippen LogP contribution in [0.1, 0.15) is 29.7 Å². The van der Waals surface area contributed by atoms with Crippen molar-refractivity contribution >= 4 is 21.8 Å². The van der Waals surface area contributed by atoms with E-state index in [2.05, 4.69) is 47.2 Å². The van der Waals surface area contributed by atoms with E-state index >= 15 is 0 Å². The van der Waals surface area contributed by atoms with Gasteiger partial charge in [-0.2, -0.15) is 0 Å². The van der Waals surface area contributed by atoms with Crippen LogP contribution in [0, 0.1) is 13.8 Å². The maximum atomic E-state index is 12.0. The molecule has 0 radical (unpaired) electrons. The Labute approximate surface area is 139 Å². The van der Waals surface area contributed by atoms with Gasteiger partial charge in [0, 0.05) is 0 Å². The number of benzene rings is 2. The predicted octanol–water partition coefficient (Wildman–Crippen LogP) is 4.32. The van der Waals surface area contributed by atoms with Crippen molar-refractivity contribution in [1.29, 1.82) is 0 Å². The van der Waals surface area contributed by atoms with Gasteiger partial charge in [0.1, 0.15) is 5.75 Å². The van der Waals surface area contributed by atoms with Crippen molar-refractivity contribution in [2.24, 2.45) is 0 Å². The van der Waals surface area contributed by atoms with Gasteiger partial charge < -0.3 is 10.1 Å². The van der Waals surface area contributed by atoms with Crippen molar-refractivity contribution in [1.82, 2.24) is 5.32 Å². The zero-order valence-electron chi connectivity index (χ0n) is 13.0. The summed E-state index contributed by atoms with van der Waals surface area (Å²) in [5.74, 6) is 0.526. The monoisotopic (exact) mass is 361 g/mol. The number of hydrogen-bond acceptors (Lipinski definition) is 2. The van der Waals surface area contributed by atoms with Crippen LogP contribution in [0.2, 0.25) is 0 Å². The molecule has 0 aliphatic carbocycles. The quantitative estimate of drug-likeness (QED) is 0.860. The third-order valence-corrected chi connectivity index (χ3v) is 4.26. The number of rotatable bonds is 5. The topological polar surface area (TPSA) is 38.3 Å². The molecule has 1 N–H and O–H groups in total. The van der Waals surface area contributed by atoms with Gasteiger partial charge in [0.2, 0.25) is 0 Å². The van der Waals surface area contributed by atoms with E-state index in [1.807, 2.05) is 37.3 Å². The molecule has 116 valence electrons. The lowest BCUT2D eigenvalue weighted by atomic mass is 10.0. The highest BCUT2D eigenvalue weighted by molar-refractivity contribution is 9.10. The fourth-order valence-corrected chi connectivity index (χ4v) is 2.50. The molecule has 2 aromatic rings. The fraction of sp³-hybridized carbons (Fsp3) is 0.278. The van der Waals surface area contributed by atoms with E-state index in [0.29, 0.717) is 5.75 Å². The van der Waals surface area contributed by atoms with Crippen LogP contribution < -0.4 is 10.1 Å². The molecule has 2 aromatic carbocycles. The molecule has 2 rings (SSSR count). The van der Waals surface area contributed by atoms with Gasteiger partial charge in [0.05, 0.1) is 10.5 Å². The van der Waals surface area contributed by atoms with E-state index in [1.165, 1.54) is 11.1 Å². The zero-order chi connectivity index (χ0) is 16.1. The smallest absolute Gasteiger partial charge is 0.258 e. The molecule has 1 unspecified atom stereocenters. The van der Waals surface area contributed by atoms with Crippen molar-refractivity contribution in [3.63, 3.8) is 0 Å². The van der Waals surface area contributed by atoms with Gasteiger partial charge in [0.25, 0.3) is 5.91 Å². The minimum absolute atomic E-state index is 0.00219. The first-order valence-electron chi connectivity index (χ1n) is 7.21. The van der Waals surface area contributed by atoms with Crippen molar-refractivity contribution in [3.05, 3.63) is 63.6 Å². The molecule has 0 bridgehead atoms. The Kier molecular flexibility index (Phi) is 5.61. The Hall–Kier alpha value is -1.81. The average Bonchev–Trinajstić information content (AvgIpc) is 2.49. The van der Waals surface area contributed by atoms with Crippen LogP contribution in [-0.2, 0) is 4.79 Å². The van der Waals surface area contributed by atoms with E-state index in [-0.39, 0.29) is 18.6 Å². The molecule has 22 heavy (non-hydrogen) atoms. The summed E-state index contributed by atoms with van der Waals surface area (Å²) in [5, 5.41) is 2.95. The largest absolute Gasteiger partial charge is 0.483 e. The van der Waals surface area contributed by atoms with Gasteiger partial charge in [-0.15, -0.1) is 0 Å². The van der Waals surface area contributed by atoms with E-state index in [4.69, 9.17) is 4.74 Å². The van der Waals surface area contributed by atoms with Crippen molar-refractivity contribution < 1.29 is 9.53 Å². The molecule has 0 spiro atoms. The molecule has 0 heterocycles. The second-order valence-electron chi connectivity index (χ2n) is 5.35. The maximum Gasteiger partial charge on any atom is 0.258 e. The summed E-state index contributed by atoms with van der Waals surface area (Å²) in [6, 6.07) is 13.7. The van der Waals surface area contributed by atoms with Gasteiger partial charge in [0.15, 0.2) is 6.61 Å². The molecule has 0 aliphatic heterocycles. The first kappa shape index (κ1) is 16.6. The minimum atomic E-state index is -0.138. The minimum Gasteiger partial charge on any atom is -0.483 e. The lowest BCUT2D eigenvalue weighted by Crippen LogP contribution is -2.31. The molecule has 0 aliphatic rings. The second-order valence-corrected chi connectivity index (χ2v) is 6.21. The van der Waals surface area contributed by atoms with Crippen molar-refractivity contribution in [3.8, 4) is 5.75 Å². The summed E-state index contributed by atoms with van der Waals surface area (Å²) in [6.07, 6.45) is 0. The van der Waals surface area contributed by atoms with Crippen LogP contribution in [0.5, 0.6) is 5.75 Å². The molecule has 1 amide bonds. The van der Waals surface area contributed by atoms with Crippen molar-refractivity contribution in [2.45, 2.75) is 26.8 Å². The predicted molar refractivity (Wildman–Crippen MR) is 92.1 cm³/mol. The van der Waals surface area contributed by atoms with Crippen LogP contribution in [-0.4, -0.2) is 12.5 Å². The summed E-state index contributed by atoms with van der Waals surface area (Å²) in [6.45, 7) is 6.12. The van der Waals surface area contributed by atoms with Crippen LogP contribution >= 0.6 is 15.9 Å². The van der Waals surface area contributed by atoms with E-state index in [1.54, 1.807) is 0 Å². The van der Waals surface area contributed by atoms with Crippen LogP contribution in [0.3, 0.4) is 0 Å². The molecule has 3 nitrogen and oxygen atoms in total. The Balaban J connectivity index is 1.91. The average molecular weight is 362 g/mol.